The Kier molecular flexibility index (Phi) is 5.08. The van der Waals surface area contributed by atoms with E-state index >= 15 is 0 Å². The van der Waals surface area contributed by atoms with Gasteiger partial charge < -0.3 is 10.4 Å². The van der Waals surface area contributed by atoms with Gasteiger partial charge in [-0.1, -0.05) is 25.7 Å². The average molecular weight is 282 g/mol. The molecule has 0 aromatic carbocycles. The molecular weight excluding hydrogens is 252 g/mol. The van der Waals surface area contributed by atoms with Crippen molar-refractivity contribution in [3.05, 3.63) is 0 Å². The van der Waals surface area contributed by atoms with Gasteiger partial charge in [0.1, 0.15) is 0 Å². The average Bonchev–Trinajstić information content (AvgIpc) is 2.62. The van der Waals surface area contributed by atoms with E-state index in [2.05, 4.69) is 17.1 Å². The number of carbonyl (C=O) groups excluding carboxylic acids is 1. The van der Waals surface area contributed by atoms with Gasteiger partial charge in [0.2, 0.25) is 5.91 Å². The zero-order valence-corrected chi connectivity index (χ0v) is 13.1. The minimum atomic E-state index is -0.530. The number of nitrogens with zero attached hydrogens (tertiary/aromatic N) is 1. The van der Waals surface area contributed by atoms with E-state index in [0.29, 0.717) is 0 Å². The maximum atomic E-state index is 12.1. The van der Waals surface area contributed by atoms with Crippen LogP contribution in [0.15, 0.2) is 0 Å². The van der Waals surface area contributed by atoms with Crippen molar-refractivity contribution >= 4 is 5.91 Å². The molecule has 1 amide bonds. The molecule has 2 fully saturated rings. The fourth-order valence-corrected chi connectivity index (χ4v) is 3.93. The molecule has 0 aromatic rings. The summed E-state index contributed by atoms with van der Waals surface area (Å²) in [6.07, 6.45) is 8.59. The lowest BCUT2D eigenvalue weighted by molar-refractivity contribution is -0.133. The molecule has 1 saturated carbocycles. The fourth-order valence-electron chi connectivity index (χ4n) is 3.93. The van der Waals surface area contributed by atoms with Crippen LogP contribution in [0.4, 0.5) is 0 Å². The summed E-state index contributed by atoms with van der Waals surface area (Å²) in [7, 11) is 1.71. The predicted molar refractivity (Wildman–Crippen MR) is 80.5 cm³/mol. The Labute approximate surface area is 122 Å². The first kappa shape index (κ1) is 15.8. The fraction of sp³-hybridized carbons (Fsp3) is 0.938. The molecule has 2 aliphatic rings. The zero-order chi connectivity index (χ0) is 14.6. The van der Waals surface area contributed by atoms with Gasteiger partial charge in [-0.15, -0.1) is 0 Å². The largest absolute Gasteiger partial charge is 0.389 e. The van der Waals surface area contributed by atoms with E-state index in [9.17, 15) is 9.90 Å². The van der Waals surface area contributed by atoms with Crippen LogP contribution in [0.1, 0.15) is 58.3 Å². The number of hydrogen-bond acceptors (Lipinski definition) is 3. The molecule has 4 heteroatoms. The number of aliphatic hydroxyl groups is 1. The Bertz CT molecular complexity index is 337. The molecule has 1 atom stereocenters. The topological polar surface area (TPSA) is 52.6 Å². The van der Waals surface area contributed by atoms with Crippen LogP contribution in [0.5, 0.6) is 0 Å². The molecule has 20 heavy (non-hydrogen) atoms. The number of rotatable bonds is 3. The molecule has 0 unspecified atom stereocenters. The summed E-state index contributed by atoms with van der Waals surface area (Å²) in [6.45, 7) is 4.57. The Morgan fingerprint density at radius 3 is 2.40 bits per heavy atom. The number of piperidine rings is 1. The highest BCUT2D eigenvalue weighted by atomic mass is 16.3. The number of hydrogen-bond donors (Lipinski definition) is 2. The first-order valence-corrected chi connectivity index (χ1v) is 8.14. The van der Waals surface area contributed by atoms with Crippen molar-refractivity contribution < 1.29 is 9.90 Å². The number of β-amino-alcohol motifs (C(OH)–C–C–N with tert-alkyl or cyclic N) is 1. The summed E-state index contributed by atoms with van der Waals surface area (Å²) in [4.78, 5) is 14.4. The molecule has 116 valence electrons. The van der Waals surface area contributed by atoms with Gasteiger partial charge in [-0.05, 0) is 39.2 Å². The number of amides is 1. The van der Waals surface area contributed by atoms with Crippen molar-refractivity contribution in [1.82, 2.24) is 10.2 Å². The summed E-state index contributed by atoms with van der Waals surface area (Å²) >= 11 is 0. The van der Waals surface area contributed by atoms with E-state index in [0.717, 1.165) is 58.2 Å². The highest BCUT2D eigenvalue weighted by Crippen LogP contribution is 2.33. The molecular formula is C16H30N2O2. The van der Waals surface area contributed by atoms with Crippen LogP contribution in [0.25, 0.3) is 0 Å². The molecule has 1 heterocycles. The van der Waals surface area contributed by atoms with Gasteiger partial charge in [0, 0.05) is 20.1 Å². The third-order valence-corrected chi connectivity index (χ3v) is 5.10. The van der Waals surface area contributed by atoms with Crippen molar-refractivity contribution in [1.29, 1.82) is 0 Å². The third-order valence-electron chi connectivity index (χ3n) is 5.10. The van der Waals surface area contributed by atoms with Crippen LogP contribution in [0, 0.1) is 5.41 Å². The maximum absolute atomic E-state index is 12.1. The van der Waals surface area contributed by atoms with E-state index < -0.39 is 5.60 Å². The summed E-state index contributed by atoms with van der Waals surface area (Å²) in [5.41, 5.74) is -0.828. The van der Waals surface area contributed by atoms with Crippen LogP contribution < -0.4 is 5.32 Å². The number of nitrogens with one attached hydrogen (secondary N) is 1. The van der Waals surface area contributed by atoms with Gasteiger partial charge in [-0.2, -0.15) is 0 Å². The van der Waals surface area contributed by atoms with Gasteiger partial charge in [0.25, 0.3) is 0 Å². The lowest BCUT2D eigenvalue weighted by atomic mass is 9.80. The van der Waals surface area contributed by atoms with Crippen LogP contribution in [0.3, 0.4) is 0 Å². The Hall–Kier alpha value is -0.610. The van der Waals surface area contributed by atoms with E-state index in [1.165, 1.54) is 12.8 Å². The van der Waals surface area contributed by atoms with Crippen LogP contribution in [-0.4, -0.2) is 48.2 Å². The third kappa shape index (κ3) is 3.73. The molecule has 1 aliphatic heterocycles. The lowest BCUT2D eigenvalue weighted by Crippen LogP contribution is -2.53. The maximum Gasteiger partial charge on any atom is 0.226 e. The molecule has 1 aliphatic carbocycles. The van der Waals surface area contributed by atoms with Crippen molar-refractivity contribution in [2.45, 2.75) is 63.9 Å². The smallest absolute Gasteiger partial charge is 0.226 e. The molecule has 4 nitrogen and oxygen atoms in total. The van der Waals surface area contributed by atoms with Crippen molar-refractivity contribution in [3.8, 4) is 0 Å². The number of carbonyl (C=O) groups is 1. The van der Waals surface area contributed by atoms with Gasteiger partial charge in [-0.3, -0.25) is 9.69 Å². The quantitative estimate of drug-likeness (QED) is 0.778. The van der Waals surface area contributed by atoms with Gasteiger partial charge in [0.15, 0.2) is 0 Å². The molecule has 2 rings (SSSR count). The standard InChI is InChI=1S/C16H30N2O2/c1-15(14(19)17-2)8-7-11-18(12-15)13-16(20)9-5-3-4-6-10-16/h20H,3-13H2,1-2H3,(H,17,19)/t15-/m1/s1. The molecule has 0 radical (unpaired) electrons. The zero-order valence-electron chi connectivity index (χ0n) is 13.1. The van der Waals surface area contributed by atoms with Crippen molar-refractivity contribution in [2.24, 2.45) is 5.41 Å². The summed E-state index contributed by atoms with van der Waals surface area (Å²) < 4.78 is 0. The number of likely N-dealkylation sites (tertiary alicyclic amines) is 1. The SMILES string of the molecule is CNC(=O)[C@]1(C)CCCN(CC2(O)CCCCCC2)C1. The normalized spacial score (nSPS) is 31.6. The van der Waals surface area contributed by atoms with E-state index in [-0.39, 0.29) is 11.3 Å². The van der Waals surface area contributed by atoms with Gasteiger partial charge in [0.05, 0.1) is 11.0 Å². The summed E-state index contributed by atoms with van der Waals surface area (Å²) in [5, 5.41) is 13.6. The highest BCUT2D eigenvalue weighted by Gasteiger charge is 2.39. The Balaban J connectivity index is 1.96. The lowest BCUT2D eigenvalue weighted by Gasteiger charge is -2.42. The highest BCUT2D eigenvalue weighted by molar-refractivity contribution is 5.82. The van der Waals surface area contributed by atoms with Crippen LogP contribution >= 0.6 is 0 Å². The first-order valence-electron chi connectivity index (χ1n) is 8.14. The molecule has 1 saturated heterocycles. The minimum absolute atomic E-state index is 0.134. The second-order valence-corrected chi connectivity index (χ2v) is 7.09. The minimum Gasteiger partial charge on any atom is -0.389 e. The van der Waals surface area contributed by atoms with Crippen LogP contribution in [0.2, 0.25) is 0 Å². The Morgan fingerprint density at radius 2 is 1.80 bits per heavy atom. The van der Waals surface area contributed by atoms with E-state index in [1.807, 2.05) is 0 Å². The van der Waals surface area contributed by atoms with Crippen molar-refractivity contribution in [2.75, 3.05) is 26.7 Å². The van der Waals surface area contributed by atoms with Crippen LogP contribution in [-0.2, 0) is 4.79 Å². The van der Waals surface area contributed by atoms with E-state index in [1.54, 1.807) is 7.05 Å². The van der Waals surface area contributed by atoms with Crippen molar-refractivity contribution in [3.63, 3.8) is 0 Å². The molecule has 0 bridgehead atoms. The van der Waals surface area contributed by atoms with Gasteiger partial charge >= 0.3 is 0 Å². The second kappa shape index (κ2) is 6.44. The summed E-state index contributed by atoms with van der Waals surface area (Å²) in [5.74, 6) is 0.134. The first-order chi connectivity index (χ1) is 9.47. The van der Waals surface area contributed by atoms with E-state index in [4.69, 9.17) is 0 Å². The predicted octanol–water partition coefficient (Wildman–Crippen LogP) is 1.92. The molecule has 0 spiro atoms. The molecule has 2 N–H and O–H groups in total. The summed E-state index contributed by atoms with van der Waals surface area (Å²) in [6, 6.07) is 0. The van der Waals surface area contributed by atoms with Gasteiger partial charge in [-0.25, -0.2) is 0 Å². The Morgan fingerprint density at radius 1 is 1.15 bits per heavy atom. The second-order valence-electron chi connectivity index (χ2n) is 7.09. The molecule has 0 aromatic heterocycles. The monoisotopic (exact) mass is 282 g/mol.